The third kappa shape index (κ3) is 2.77. The quantitative estimate of drug-likeness (QED) is 0.831. The molecule has 4 heteroatoms. The van der Waals surface area contributed by atoms with Gasteiger partial charge in [-0.1, -0.05) is 0 Å². The molecule has 0 aromatic carbocycles. The molecule has 0 amide bonds. The Labute approximate surface area is 95.3 Å². The minimum Gasteiger partial charge on any atom is -0.325 e. The largest absolute Gasteiger partial charge is 0.325 e. The van der Waals surface area contributed by atoms with Crippen molar-refractivity contribution in [3.63, 3.8) is 0 Å². The number of thiazole rings is 1. The van der Waals surface area contributed by atoms with Crippen LogP contribution in [0.1, 0.15) is 30.5 Å². The highest BCUT2D eigenvalue weighted by molar-refractivity contribution is 7.09. The first kappa shape index (κ1) is 11.0. The zero-order chi connectivity index (χ0) is 10.8. The monoisotopic (exact) mass is 225 g/mol. The molecule has 1 aliphatic carbocycles. The molecule has 1 aliphatic rings. The number of rotatable bonds is 5. The van der Waals surface area contributed by atoms with Crippen molar-refractivity contribution in [2.45, 2.75) is 38.9 Å². The summed E-state index contributed by atoms with van der Waals surface area (Å²) in [5, 5.41) is 3.16. The number of hydrogen-bond donors (Lipinski definition) is 1. The maximum absolute atomic E-state index is 5.55. The van der Waals surface area contributed by atoms with Crippen LogP contribution in [0.15, 0.2) is 5.38 Å². The highest BCUT2D eigenvalue weighted by Gasteiger charge is 2.30. The first-order valence-corrected chi connectivity index (χ1v) is 6.42. The van der Waals surface area contributed by atoms with Gasteiger partial charge in [0.05, 0.1) is 5.69 Å². The van der Waals surface area contributed by atoms with Crippen molar-refractivity contribution >= 4 is 11.3 Å². The van der Waals surface area contributed by atoms with E-state index in [2.05, 4.69) is 29.2 Å². The van der Waals surface area contributed by atoms with Crippen LogP contribution in [0.2, 0.25) is 0 Å². The molecule has 0 aliphatic heterocycles. The van der Waals surface area contributed by atoms with Gasteiger partial charge in [-0.15, -0.1) is 11.3 Å². The van der Waals surface area contributed by atoms with E-state index in [1.807, 2.05) is 0 Å². The molecule has 1 saturated carbocycles. The van der Waals surface area contributed by atoms with E-state index in [9.17, 15) is 0 Å². The highest BCUT2D eigenvalue weighted by atomic mass is 32.1. The van der Waals surface area contributed by atoms with E-state index >= 15 is 0 Å². The van der Waals surface area contributed by atoms with Crippen molar-refractivity contribution in [1.82, 2.24) is 9.88 Å². The van der Waals surface area contributed by atoms with E-state index in [-0.39, 0.29) is 0 Å². The van der Waals surface area contributed by atoms with Gasteiger partial charge in [0.2, 0.25) is 0 Å². The number of nitrogens with zero attached hydrogens (tertiary/aromatic N) is 2. The van der Waals surface area contributed by atoms with Gasteiger partial charge in [-0.25, -0.2) is 4.98 Å². The van der Waals surface area contributed by atoms with Gasteiger partial charge in [-0.3, -0.25) is 4.90 Å². The minimum atomic E-state index is 0.562. The fourth-order valence-electron chi connectivity index (χ4n) is 1.85. The van der Waals surface area contributed by atoms with E-state index in [1.165, 1.54) is 12.8 Å². The van der Waals surface area contributed by atoms with Crippen LogP contribution < -0.4 is 5.73 Å². The van der Waals surface area contributed by atoms with Crippen LogP contribution >= 0.6 is 11.3 Å². The second-order valence-electron chi connectivity index (χ2n) is 4.43. The first-order chi connectivity index (χ1) is 7.20. The van der Waals surface area contributed by atoms with Crippen molar-refractivity contribution in [2.24, 2.45) is 11.7 Å². The van der Waals surface area contributed by atoms with Crippen molar-refractivity contribution < 1.29 is 0 Å². The average Bonchev–Trinajstić information content (AvgIpc) is 2.98. The van der Waals surface area contributed by atoms with Gasteiger partial charge in [0.25, 0.3) is 0 Å². The Morgan fingerprint density at radius 1 is 1.67 bits per heavy atom. The van der Waals surface area contributed by atoms with Crippen molar-refractivity contribution in [2.75, 3.05) is 7.05 Å². The summed E-state index contributed by atoms with van der Waals surface area (Å²) in [6.07, 6.45) is 2.80. The summed E-state index contributed by atoms with van der Waals surface area (Å²) in [6.45, 7) is 3.83. The van der Waals surface area contributed by atoms with Crippen LogP contribution in [0.25, 0.3) is 0 Å². The van der Waals surface area contributed by atoms with Gasteiger partial charge in [0.15, 0.2) is 0 Å². The molecular formula is C11H19N3S. The highest BCUT2D eigenvalue weighted by Crippen LogP contribution is 2.35. The Hall–Kier alpha value is -0.450. The number of aromatic nitrogens is 1. The maximum Gasteiger partial charge on any atom is 0.106 e. The number of hydrogen-bond acceptors (Lipinski definition) is 4. The molecule has 0 radical (unpaired) electrons. The van der Waals surface area contributed by atoms with Crippen LogP contribution in [0.5, 0.6) is 0 Å². The summed E-state index contributed by atoms with van der Waals surface area (Å²) in [4.78, 5) is 6.88. The van der Waals surface area contributed by atoms with E-state index in [1.54, 1.807) is 11.3 Å². The molecule has 1 fully saturated rings. The summed E-state index contributed by atoms with van der Waals surface area (Å²) in [5.74, 6) is 0.919. The van der Waals surface area contributed by atoms with Crippen LogP contribution in [0.3, 0.4) is 0 Å². The molecule has 3 nitrogen and oxygen atoms in total. The lowest BCUT2D eigenvalue weighted by Crippen LogP contribution is -2.30. The molecule has 15 heavy (non-hydrogen) atoms. The second-order valence-corrected chi connectivity index (χ2v) is 5.37. The molecule has 1 aromatic heterocycles. The fraction of sp³-hybridized carbons (Fsp3) is 0.727. The van der Waals surface area contributed by atoms with Gasteiger partial charge in [0, 0.05) is 24.5 Å². The van der Waals surface area contributed by atoms with Gasteiger partial charge in [-0.05, 0) is 32.7 Å². The van der Waals surface area contributed by atoms with Crippen molar-refractivity contribution in [1.29, 1.82) is 0 Å². The smallest absolute Gasteiger partial charge is 0.106 e. The molecule has 1 unspecified atom stereocenters. The molecule has 0 saturated heterocycles. The van der Waals surface area contributed by atoms with Crippen molar-refractivity contribution in [3.8, 4) is 0 Å². The molecular weight excluding hydrogens is 206 g/mol. The fourth-order valence-corrected chi connectivity index (χ4v) is 2.52. The van der Waals surface area contributed by atoms with Crippen LogP contribution in [0, 0.1) is 5.92 Å². The molecule has 0 bridgehead atoms. The van der Waals surface area contributed by atoms with Crippen LogP contribution in [0.4, 0.5) is 0 Å². The molecule has 1 atom stereocenters. The van der Waals surface area contributed by atoms with Crippen LogP contribution in [-0.4, -0.2) is 23.0 Å². The zero-order valence-corrected chi connectivity index (χ0v) is 10.3. The van der Waals surface area contributed by atoms with Gasteiger partial charge < -0.3 is 5.73 Å². The Morgan fingerprint density at radius 2 is 2.40 bits per heavy atom. The van der Waals surface area contributed by atoms with Crippen molar-refractivity contribution in [3.05, 3.63) is 16.1 Å². The molecule has 1 aromatic rings. The van der Waals surface area contributed by atoms with E-state index in [0.717, 1.165) is 23.2 Å². The average molecular weight is 225 g/mol. The maximum atomic E-state index is 5.55. The van der Waals surface area contributed by atoms with E-state index in [4.69, 9.17) is 5.73 Å². The Kier molecular flexibility index (Phi) is 3.38. The molecule has 0 spiro atoms. The molecule has 2 N–H and O–H groups in total. The normalized spacial score (nSPS) is 18.4. The lowest BCUT2D eigenvalue weighted by atomic mass is 10.2. The van der Waals surface area contributed by atoms with E-state index in [0.29, 0.717) is 12.6 Å². The predicted molar refractivity (Wildman–Crippen MR) is 63.7 cm³/mol. The number of nitrogens with two attached hydrogens (primary N) is 1. The molecule has 84 valence electrons. The summed E-state index contributed by atoms with van der Waals surface area (Å²) in [7, 11) is 2.18. The first-order valence-electron chi connectivity index (χ1n) is 5.54. The Morgan fingerprint density at radius 3 is 2.93 bits per heavy atom. The summed E-state index contributed by atoms with van der Waals surface area (Å²) < 4.78 is 0. The third-order valence-electron chi connectivity index (χ3n) is 3.18. The topological polar surface area (TPSA) is 42.1 Å². The summed E-state index contributed by atoms with van der Waals surface area (Å²) in [6, 6.07) is 0.688. The SMILES string of the molecule is CC(C1CC1)N(C)Cc1csc(CN)n1. The minimum absolute atomic E-state index is 0.562. The zero-order valence-electron chi connectivity index (χ0n) is 9.44. The second kappa shape index (κ2) is 4.60. The third-order valence-corrected chi connectivity index (χ3v) is 4.10. The van der Waals surface area contributed by atoms with Gasteiger partial charge >= 0.3 is 0 Å². The van der Waals surface area contributed by atoms with Gasteiger partial charge in [-0.2, -0.15) is 0 Å². The molecule has 2 rings (SSSR count). The Bertz CT molecular complexity index is 319. The lowest BCUT2D eigenvalue weighted by molar-refractivity contribution is 0.224. The standard InChI is InChI=1S/C11H19N3S/c1-8(9-3-4-9)14(2)6-10-7-15-11(5-12)13-10/h7-9H,3-6,12H2,1-2H3. The Balaban J connectivity index is 1.89. The molecule has 1 heterocycles. The summed E-state index contributed by atoms with van der Waals surface area (Å²) >= 11 is 1.66. The van der Waals surface area contributed by atoms with Crippen LogP contribution in [-0.2, 0) is 13.1 Å². The summed E-state index contributed by atoms with van der Waals surface area (Å²) in [5.41, 5.74) is 6.71. The van der Waals surface area contributed by atoms with Gasteiger partial charge in [0.1, 0.15) is 5.01 Å². The lowest BCUT2D eigenvalue weighted by Gasteiger charge is -2.23. The van der Waals surface area contributed by atoms with E-state index < -0.39 is 0 Å². The predicted octanol–water partition coefficient (Wildman–Crippen LogP) is 1.83.